The number of hydrogen-bond acceptors (Lipinski definition) is 4. The van der Waals surface area contributed by atoms with Gasteiger partial charge < -0.3 is 15.6 Å². The van der Waals surface area contributed by atoms with Gasteiger partial charge in [0.15, 0.2) is 0 Å². The number of carboxylic acid groups (broad SMARTS) is 1. The number of ether oxygens (including phenoxy) is 1. The van der Waals surface area contributed by atoms with E-state index in [4.69, 9.17) is 15.6 Å². The molecule has 1 rings (SSSR count). The van der Waals surface area contributed by atoms with Crippen LogP contribution in [-0.2, 0) is 4.79 Å². The van der Waals surface area contributed by atoms with Crippen molar-refractivity contribution in [2.24, 2.45) is 0 Å². The normalized spacial score (nSPS) is 12.1. The van der Waals surface area contributed by atoms with Crippen molar-refractivity contribution in [3.63, 3.8) is 0 Å². The Morgan fingerprint density at radius 3 is 2.87 bits per heavy atom. The third kappa shape index (κ3) is 2.79. The van der Waals surface area contributed by atoms with E-state index in [0.29, 0.717) is 23.6 Å². The van der Waals surface area contributed by atoms with Crippen LogP contribution in [0.4, 0.5) is 5.69 Å². The largest absolute Gasteiger partial charge is 0.494 e. The zero-order valence-corrected chi connectivity index (χ0v) is 9.20. The van der Waals surface area contributed by atoms with Crippen molar-refractivity contribution in [2.45, 2.75) is 12.2 Å². The monoisotopic (exact) mass is 227 g/mol. The topological polar surface area (TPSA) is 72.5 Å². The van der Waals surface area contributed by atoms with E-state index >= 15 is 0 Å². The molecule has 0 amide bonds. The minimum atomic E-state index is -1.03. The van der Waals surface area contributed by atoms with Gasteiger partial charge in [-0.25, -0.2) is 0 Å². The first-order valence-electron chi connectivity index (χ1n) is 4.49. The van der Waals surface area contributed by atoms with Crippen molar-refractivity contribution < 1.29 is 14.6 Å². The van der Waals surface area contributed by atoms with Gasteiger partial charge in [-0.3, -0.25) is 4.79 Å². The van der Waals surface area contributed by atoms with Crippen molar-refractivity contribution in [1.29, 1.82) is 0 Å². The summed E-state index contributed by atoms with van der Waals surface area (Å²) in [6, 6.07) is 4.92. The predicted molar refractivity (Wildman–Crippen MR) is 61.4 cm³/mol. The molecule has 0 bridgehead atoms. The van der Waals surface area contributed by atoms with Gasteiger partial charge in [-0.2, -0.15) is 12.6 Å². The van der Waals surface area contributed by atoms with Crippen LogP contribution in [0.2, 0.25) is 0 Å². The molecule has 0 saturated heterocycles. The summed E-state index contributed by atoms with van der Waals surface area (Å²) in [5, 5.41) is 7.88. The Bertz CT molecular complexity index is 368. The zero-order valence-electron chi connectivity index (χ0n) is 8.30. The van der Waals surface area contributed by atoms with Crippen LogP contribution in [0.5, 0.6) is 5.75 Å². The molecule has 0 radical (unpaired) electrons. The maximum Gasteiger partial charge on any atom is 0.320 e. The Labute approximate surface area is 93.5 Å². The molecule has 3 N–H and O–H groups in total. The molecular weight excluding hydrogens is 214 g/mol. The van der Waals surface area contributed by atoms with Crippen LogP contribution in [0, 0.1) is 0 Å². The van der Waals surface area contributed by atoms with Crippen molar-refractivity contribution in [3.8, 4) is 5.75 Å². The van der Waals surface area contributed by atoms with Crippen LogP contribution < -0.4 is 10.5 Å². The Kier molecular flexibility index (Phi) is 3.85. The second-order valence-corrected chi connectivity index (χ2v) is 3.48. The summed E-state index contributed by atoms with van der Waals surface area (Å²) >= 11 is 3.96. The predicted octanol–water partition coefficient (Wildman–Crippen LogP) is 1.72. The number of carbonyl (C=O) groups is 1. The molecule has 0 aromatic heterocycles. The van der Waals surface area contributed by atoms with E-state index in [1.165, 1.54) is 0 Å². The van der Waals surface area contributed by atoms with E-state index in [0.717, 1.165) is 0 Å². The summed E-state index contributed by atoms with van der Waals surface area (Å²) in [6.07, 6.45) is 0. The van der Waals surface area contributed by atoms with Crippen molar-refractivity contribution >= 4 is 24.3 Å². The first-order valence-corrected chi connectivity index (χ1v) is 5.01. The zero-order chi connectivity index (χ0) is 11.4. The Balaban J connectivity index is 3.04. The van der Waals surface area contributed by atoms with Crippen LogP contribution in [0.3, 0.4) is 0 Å². The highest BCUT2D eigenvalue weighted by molar-refractivity contribution is 7.81. The number of carboxylic acids is 1. The number of thiol groups is 1. The van der Waals surface area contributed by atoms with Gasteiger partial charge in [-0.1, -0.05) is 0 Å². The van der Waals surface area contributed by atoms with Crippen LogP contribution in [0.25, 0.3) is 0 Å². The second-order valence-electron chi connectivity index (χ2n) is 2.96. The second kappa shape index (κ2) is 4.93. The molecule has 1 aromatic carbocycles. The third-order valence-corrected chi connectivity index (χ3v) is 2.40. The van der Waals surface area contributed by atoms with Crippen molar-refractivity contribution in [3.05, 3.63) is 23.8 Å². The molecule has 82 valence electrons. The average molecular weight is 227 g/mol. The Morgan fingerprint density at radius 1 is 1.67 bits per heavy atom. The van der Waals surface area contributed by atoms with Gasteiger partial charge in [0.1, 0.15) is 11.0 Å². The smallest absolute Gasteiger partial charge is 0.320 e. The summed E-state index contributed by atoms with van der Waals surface area (Å²) in [7, 11) is 0. The molecule has 5 heteroatoms. The lowest BCUT2D eigenvalue weighted by molar-refractivity contribution is -0.136. The van der Waals surface area contributed by atoms with Crippen molar-refractivity contribution in [2.75, 3.05) is 12.3 Å². The molecule has 1 aromatic rings. The van der Waals surface area contributed by atoms with Crippen LogP contribution in [-0.4, -0.2) is 17.7 Å². The fourth-order valence-corrected chi connectivity index (χ4v) is 1.40. The first kappa shape index (κ1) is 11.7. The van der Waals surface area contributed by atoms with E-state index in [1.807, 2.05) is 6.92 Å². The van der Waals surface area contributed by atoms with Gasteiger partial charge in [0.2, 0.25) is 0 Å². The summed E-state index contributed by atoms with van der Waals surface area (Å²) in [6.45, 7) is 2.37. The fourth-order valence-electron chi connectivity index (χ4n) is 1.18. The number of nitrogen functional groups attached to an aromatic ring is 1. The van der Waals surface area contributed by atoms with Gasteiger partial charge in [0.05, 0.1) is 6.61 Å². The molecule has 1 atom stereocenters. The number of rotatable bonds is 4. The summed E-state index contributed by atoms with van der Waals surface area (Å²) in [5.41, 5.74) is 6.52. The van der Waals surface area contributed by atoms with Gasteiger partial charge in [-0.15, -0.1) is 0 Å². The number of aliphatic carboxylic acids is 1. The van der Waals surface area contributed by atoms with Crippen molar-refractivity contribution in [1.82, 2.24) is 0 Å². The van der Waals surface area contributed by atoms with Gasteiger partial charge in [-0.05, 0) is 25.1 Å². The molecule has 0 spiro atoms. The van der Waals surface area contributed by atoms with E-state index < -0.39 is 11.2 Å². The van der Waals surface area contributed by atoms with Crippen LogP contribution >= 0.6 is 12.6 Å². The van der Waals surface area contributed by atoms with Crippen LogP contribution in [0.1, 0.15) is 17.7 Å². The van der Waals surface area contributed by atoms with E-state index in [9.17, 15) is 4.79 Å². The van der Waals surface area contributed by atoms with E-state index in [2.05, 4.69) is 12.6 Å². The lowest BCUT2D eigenvalue weighted by atomic mass is 10.1. The highest BCUT2D eigenvalue weighted by atomic mass is 32.1. The molecule has 0 aliphatic carbocycles. The number of anilines is 1. The highest BCUT2D eigenvalue weighted by Gasteiger charge is 2.18. The fraction of sp³-hybridized carbons (Fsp3) is 0.300. The Hall–Kier alpha value is -1.36. The number of benzene rings is 1. The molecular formula is C10H13NO3S. The minimum Gasteiger partial charge on any atom is -0.494 e. The Morgan fingerprint density at radius 2 is 2.33 bits per heavy atom. The molecule has 0 saturated carbocycles. The molecule has 0 fully saturated rings. The molecule has 1 unspecified atom stereocenters. The maximum atomic E-state index is 10.7. The van der Waals surface area contributed by atoms with E-state index in [1.54, 1.807) is 18.2 Å². The summed E-state index contributed by atoms with van der Waals surface area (Å²) < 4.78 is 5.25. The number of hydrogen-bond donors (Lipinski definition) is 3. The highest BCUT2D eigenvalue weighted by Crippen LogP contribution is 2.29. The first-order chi connectivity index (χ1) is 7.06. The third-order valence-electron chi connectivity index (χ3n) is 1.90. The average Bonchev–Trinajstić information content (AvgIpc) is 2.20. The quantitative estimate of drug-likeness (QED) is 0.541. The van der Waals surface area contributed by atoms with E-state index in [-0.39, 0.29) is 0 Å². The lowest BCUT2D eigenvalue weighted by Crippen LogP contribution is -2.08. The molecule has 0 heterocycles. The molecule has 15 heavy (non-hydrogen) atoms. The molecule has 0 aliphatic heterocycles. The summed E-state index contributed by atoms with van der Waals surface area (Å²) in [5.74, 6) is -0.430. The minimum absolute atomic E-state index is 0.404. The standard InChI is InChI=1S/C10H13NO3S/c1-2-14-6-3-4-8(11)7(5-6)9(15)10(12)13/h3-5,9,15H,2,11H2,1H3,(H,12,13). The van der Waals surface area contributed by atoms with Crippen LogP contribution in [0.15, 0.2) is 18.2 Å². The molecule has 4 nitrogen and oxygen atoms in total. The van der Waals surface area contributed by atoms with Gasteiger partial charge in [0, 0.05) is 11.3 Å². The molecule has 0 aliphatic rings. The maximum absolute atomic E-state index is 10.7. The lowest BCUT2D eigenvalue weighted by Gasteiger charge is -2.11. The summed E-state index contributed by atoms with van der Waals surface area (Å²) in [4.78, 5) is 10.7. The van der Waals surface area contributed by atoms with Gasteiger partial charge in [0.25, 0.3) is 0 Å². The van der Waals surface area contributed by atoms with Gasteiger partial charge >= 0.3 is 5.97 Å². The SMILES string of the molecule is CCOc1ccc(N)c(C(S)C(=O)O)c1. The number of nitrogens with two attached hydrogens (primary N) is 1.